The first-order valence-electron chi connectivity index (χ1n) is 5.57. The maximum atomic E-state index is 13.2. The summed E-state index contributed by atoms with van der Waals surface area (Å²) in [6.45, 7) is 0. The topological polar surface area (TPSA) is 77.2 Å². The number of anilines is 3. The summed E-state index contributed by atoms with van der Waals surface area (Å²) in [5.41, 5.74) is 6.64. The van der Waals surface area contributed by atoms with Crippen molar-refractivity contribution in [2.45, 2.75) is 0 Å². The number of ether oxygens (including phenoxy) is 1. The normalized spacial score (nSPS) is 10.2. The van der Waals surface area contributed by atoms with Crippen molar-refractivity contribution in [1.82, 2.24) is 4.98 Å². The maximum absolute atomic E-state index is 13.2. The average molecular weight is 340 g/mol. The van der Waals surface area contributed by atoms with Crippen LogP contribution in [-0.2, 0) is 4.74 Å². The number of benzene rings is 1. The standard InChI is InChI=1S/C13H11BrFN3O2/c1-20-13(19)8-4-5-17-12(11(8)16)18-10-6-7(15)2-3-9(10)14/h2-6H,16H2,1H3,(H,17,18). The second kappa shape index (κ2) is 5.87. The Morgan fingerprint density at radius 2 is 2.20 bits per heavy atom. The number of methoxy groups -OCH3 is 1. The predicted octanol–water partition coefficient (Wildman–Crippen LogP) is 3.10. The smallest absolute Gasteiger partial charge is 0.340 e. The zero-order valence-corrected chi connectivity index (χ0v) is 12.1. The molecule has 1 aromatic heterocycles. The molecule has 3 N–H and O–H groups in total. The molecule has 20 heavy (non-hydrogen) atoms. The predicted molar refractivity (Wildman–Crippen MR) is 77.4 cm³/mol. The molecule has 1 aromatic carbocycles. The number of pyridine rings is 1. The van der Waals surface area contributed by atoms with Crippen LogP contribution >= 0.6 is 15.9 Å². The molecule has 0 amide bonds. The molecule has 7 heteroatoms. The zero-order chi connectivity index (χ0) is 14.7. The van der Waals surface area contributed by atoms with Gasteiger partial charge in [0.05, 0.1) is 24.0 Å². The van der Waals surface area contributed by atoms with Gasteiger partial charge < -0.3 is 15.8 Å². The first-order valence-corrected chi connectivity index (χ1v) is 6.37. The third kappa shape index (κ3) is 2.88. The molecule has 0 aliphatic heterocycles. The Balaban J connectivity index is 2.39. The van der Waals surface area contributed by atoms with Crippen LogP contribution in [0, 0.1) is 5.82 Å². The Morgan fingerprint density at radius 3 is 2.90 bits per heavy atom. The molecule has 0 spiro atoms. The van der Waals surface area contributed by atoms with Gasteiger partial charge in [0.2, 0.25) is 0 Å². The van der Waals surface area contributed by atoms with Crippen LogP contribution in [0.1, 0.15) is 10.4 Å². The van der Waals surface area contributed by atoms with Gasteiger partial charge in [-0.05, 0) is 40.2 Å². The second-order valence-corrected chi connectivity index (χ2v) is 4.72. The lowest BCUT2D eigenvalue weighted by Gasteiger charge is -2.12. The monoisotopic (exact) mass is 339 g/mol. The molecule has 2 aromatic rings. The number of nitrogens with two attached hydrogens (primary N) is 1. The lowest BCUT2D eigenvalue weighted by molar-refractivity contribution is 0.0602. The average Bonchev–Trinajstić information content (AvgIpc) is 2.44. The van der Waals surface area contributed by atoms with Crippen molar-refractivity contribution in [3.05, 3.63) is 46.3 Å². The van der Waals surface area contributed by atoms with Crippen molar-refractivity contribution in [3.63, 3.8) is 0 Å². The number of rotatable bonds is 3. The van der Waals surface area contributed by atoms with E-state index >= 15 is 0 Å². The Hall–Kier alpha value is -2.15. The largest absolute Gasteiger partial charge is 0.465 e. The van der Waals surface area contributed by atoms with E-state index in [0.717, 1.165) is 0 Å². The summed E-state index contributed by atoms with van der Waals surface area (Å²) in [7, 11) is 1.26. The van der Waals surface area contributed by atoms with Gasteiger partial charge >= 0.3 is 5.97 Å². The molecule has 5 nitrogen and oxygen atoms in total. The highest BCUT2D eigenvalue weighted by atomic mass is 79.9. The summed E-state index contributed by atoms with van der Waals surface area (Å²) in [4.78, 5) is 15.6. The van der Waals surface area contributed by atoms with Crippen LogP contribution in [0.15, 0.2) is 34.9 Å². The zero-order valence-electron chi connectivity index (χ0n) is 10.5. The van der Waals surface area contributed by atoms with E-state index in [2.05, 4.69) is 31.0 Å². The van der Waals surface area contributed by atoms with Crippen molar-refractivity contribution in [3.8, 4) is 0 Å². The van der Waals surface area contributed by atoms with Crippen molar-refractivity contribution in [2.75, 3.05) is 18.2 Å². The molecule has 0 bridgehead atoms. The van der Waals surface area contributed by atoms with Crippen LogP contribution in [0.5, 0.6) is 0 Å². The third-order valence-electron chi connectivity index (χ3n) is 2.58. The molecule has 0 aliphatic carbocycles. The number of aromatic nitrogens is 1. The summed E-state index contributed by atoms with van der Waals surface area (Å²) in [5.74, 6) is -0.719. The van der Waals surface area contributed by atoms with Gasteiger partial charge in [-0.3, -0.25) is 0 Å². The van der Waals surface area contributed by atoms with Crippen molar-refractivity contribution < 1.29 is 13.9 Å². The van der Waals surface area contributed by atoms with E-state index < -0.39 is 11.8 Å². The van der Waals surface area contributed by atoms with E-state index in [0.29, 0.717) is 10.2 Å². The van der Waals surface area contributed by atoms with Gasteiger partial charge in [-0.25, -0.2) is 14.2 Å². The number of nitrogens with one attached hydrogen (secondary N) is 1. The molecule has 0 unspecified atom stereocenters. The SMILES string of the molecule is COC(=O)c1ccnc(Nc2cc(F)ccc2Br)c1N. The van der Waals surface area contributed by atoms with E-state index in [9.17, 15) is 9.18 Å². The fourth-order valence-corrected chi connectivity index (χ4v) is 1.93. The third-order valence-corrected chi connectivity index (χ3v) is 3.27. The lowest BCUT2D eigenvalue weighted by Crippen LogP contribution is -2.09. The Bertz CT molecular complexity index is 664. The van der Waals surface area contributed by atoms with Gasteiger partial charge in [-0.1, -0.05) is 0 Å². The molecule has 0 saturated carbocycles. The van der Waals surface area contributed by atoms with Gasteiger partial charge in [0.15, 0.2) is 5.82 Å². The number of hydrogen-bond acceptors (Lipinski definition) is 5. The van der Waals surface area contributed by atoms with E-state index in [1.54, 1.807) is 6.07 Å². The lowest BCUT2D eigenvalue weighted by atomic mass is 10.2. The number of halogens is 2. The summed E-state index contributed by atoms with van der Waals surface area (Å²) >= 11 is 3.28. The molecule has 2 rings (SSSR count). The van der Waals surface area contributed by atoms with Crippen LogP contribution in [-0.4, -0.2) is 18.1 Å². The van der Waals surface area contributed by atoms with Crippen molar-refractivity contribution in [2.24, 2.45) is 0 Å². The second-order valence-electron chi connectivity index (χ2n) is 3.86. The molecule has 1 heterocycles. The fourth-order valence-electron chi connectivity index (χ4n) is 1.58. The molecular formula is C13H11BrFN3O2. The number of nitrogen functional groups attached to an aromatic ring is 1. The van der Waals surface area contributed by atoms with Crippen LogP contribution in [0.3, 0.4) is 0 Å². The Labute approximate surface area is 123 Å². The number of nitrogens with zero attached hydrogens (tertiary/aromatic N) is 1. The molecule has 0 saturated heterocycles. The maximum Gasteiger partial charge on any atom is 0.340 e. The quantitative estimate of drug-likeness (QED) is 0.840. The highest BCUT2D eigenvalue weighted by Crippen LogP contribution is 2.29. The Morgan fingerprint density at radius 1 is 1.45 bits per heavy atom. The minimum atomic E-state index is -0.564. The van der Waals surface area contributed by atoms with E-state index in [1.165, 1.54) is 31.5 Å². The van der Waals surface area contributed by atoms with Gasteiger partial charge in [-0.15, -0.1) is 0 Å². The molecule has 0 radical (unpaired) electrons. The number of carbonyl (C=O) groups is 1. The van der Waals surface area contributed by atoms with Gasteiger partial charge in [0, 0.05) is 10.7 Å². The molecule has 0 aliphatic rings. The highest BCUT2D eigenvalue weighted by Gasteiger charge is 2.14. The van der Waals surface area contributed by atoms with E-state index in [1.807, 2.05) is 0 Å². The molecular weight excluding hydrogens is 329 g/mol. The minimum absolute atomic E-state index is 0.135. The number of esters is 1. The Kier molecular flexibility index (Phi) is 4.19. The highest BCUT2D eigenvalue weighted by molar-refractivity contribution is 9.10. The van der Waals surface area contributed by atoms with Crippen molar-refractivity contribution in [1.29, 1.82) is 0 Å². The van der Waals surface area contributed by atoms with Crippen LogP contribution < -0.4 is 11.1 Å². The number of hydrogen-bond donors (Lipinski definition) is 2. The first-order chi connectivity index (χ1) is 9.52. The molecule has 0 fully saturated rings. The van der Waals surface area contributed by atoms with Gasteiger partial charge in [0.25, 0.3) is 0 Å². The summed E-state index contributed by atoms with van der Waals surface area (Å²) in [5, 5.41) is 2.87. The summed E-state index contributed by atoms with van der Waals surface area (Å²) in [6.07, 6.45) is 1.41. The van der Waals surface area contributed by atoms with Crippen molar-refractivity contribution >= 4 is 39.1 Å². The minimum Gasteiger partial charge on any atom is -0.465 e. The molecule has 0 atom stereocenters. The van der Waals surface area contributed by atoms with Crippen LogP contribution in [0.4, 0.5) is 21.6 Å². The van der Waals surface area contributed by atoms with E-state index in [4.69, 9.17) is 5.73 Å². The van der Waals surface area contributed by atoms with E-state index in [-0.39, 0.29) is 17.1 Å². The fraction of sp³-hybridized carbons (Fsp3) is 0.0769. The van der Waals surface area contributed by atoms with Gasteiger partial charge in [0.1, 0.15) is 5.82 Å². The van der Waals surface area contributed by atoms with Crippen LogP contribution in [0.25, 0.3) is 0 Å². The van der Waals surface area contributed by atoms with Gasteiger partial charge in [-0.2, -0.15) is 0 Å². The molecule has 104 valence electrons. The first kappa shape index (κ1) is 14.3. The van der Waals surface area contributed by atoms with Crippen LogP contribution in [0.2, 0.25) is 0 Å². The summed E-state index contributed by atoms with van der Waals surface area (Å²) < 4.78 is 18.5. The number of carbonyl (C=O) groups excluding carboxylic acids is 1. The summed E-state index contributed by atoms with van der Waals surface area (Å²) in [6, 6.07) is 5.61.